The summed E-state index contributed by atoms with van der Waals surface area (Å²) < 4.78 is 1.75. The molecule has 1 aliphatic heterocycles. The Bertz CT molecular complexity index is 659. The predicted molar refractivity (Wildman–Crippen MR) is 92.2 cm³/mol. The fourth-order valence-electron chi connectivity index (χ4n) is 3.18. The molecule has 1 aromatic carbocycles. The van der Waals surface area contributed by atoms with Gasteiger partial charge in [0.2, 0.25) is 0 Å². The summed E-state index contributed by atoms with van der Waals surface area (Å²) in [5.41, 5.74) is 1.57. The Hall–Kier alpha value is -2.18. The first kappa shape index (κ1) is 16.7. The number of aliphatic hydroxyl groups is 1. The van der Waals surface area contributed by atoms with E-state index in [1.807, 2.05) is 41.4 Å². The summed E-state index contributed by atoms with van der Waals surface area (Å²) in [7, 11) is 0. The molecule has 0 aliphatic carbocycles. The van der Waals surface area contributed by atoms with E-state index in [2.05, 4.69) is 16.9 Å². The van der Waals surface area contributed by atoms with Crippen molar-refractivity contribution in [1.29, 1.82) is 0 Å². The molecule has 0 radical (unpaired) electrons. The average molecular weight is 328 g/mol. The Kier molecular flexibility index (Phi) is 5.27. The number of piperazine rings is 1. The molecule has 1 saturated heterocycles. The second kappa shape index (κ2) is 7.59. The quantitative estimate of drug-likeness (QED) is 0.901. The number of amides is 1. The Morgan fingerprint density at radius 1 is 1.25 bits per heavy atom. The van der Waals surface area contributed by atoms with Gasteiger partial charge in [-0.25, -0.2) is 4.68 Å². The molecule has 6 heteroatoms. The highest BCUT2D eigenvalue weighted by Crippen LogP contribution is 2.15. The van der Waals surface area contributed by atoms with E-state index in [0.717, 1.165) is 25.2 Å². The van der Waals surface area contributed by atoms with Crippen molar-refractivity contribution in [3.8, 4) is 5.69 Å². The van der Waals surface area contributed by atoms with Crippen LogP contribution in [0, 0.1) is 0 Å². The highest BCUT2D eigenvalue weighted by atomic mass is 16.3. The number of nitrogens with zero attached hydrogens (tertiary/aromatic N) is 4. The Labute approximate surface area is 142 Å². The van der Waals surface area contributed by atoms with Crippen molar-refractivity contribution in [1.82, 2.24) is 19.6 Å². The molecule has 1 amide bonds. The molecule has 1 atom stereocenters. The molecule has 0 bridgehead atoms. The van der Waals surface area contributed by atoms with Gasteiger partial charge in [-0.15, -0.1) is 0 Å². The van der Waals surface area contributed by atoms with E-state index in [-0.39, 0.29) is 18.6 Å². The lowest BCUT2D eigenvalue weighted by Gasteiger charge is -2.38. The van der Waals surface area contributed by atoms with Crippen LogP contribution >= 0.6 is 0 Å². The third kappa shape index (κ3) is 3.49. The molecular weight excluding hydrogens is 304 g/mol. The minimum atomic E-state index is 0.0562. The third-order valence-corrected chi connectivity index (χ3v) is 4.66. The van der Waals surface area contributed by atoms with E-state index in [4.69, 9.17) is 0 Å². The van der Waals surface area contributed by atoms with Gasteiger partial charge in [0.15, 0.2) is 0 Å². The predicted octanol–water partition coefficient (Wildman–Crippen LogP) is 1.40. The maximum atomic E-state index is 12.8. The van der Waals surface area contributed by atoms with Gasteiger partial charge >= 0.3 is 0 Å². The molecule has 1 aromatic heterocycles. The van der Waals surface area contributed by atoms with Crippen molar-refractivity contribution in [3.05, 3.63) is 48.3 Å². The SMILES string of the molecule is CCC(CO)N1CCN(C(=O)c2cccc(-n3cccn3)c2)CC1. The maximum absolute atomic E-state index is 12.8. The summed E-state index contributed by atoms with van der Waals surface area (Å²) in [4.78, 5) is 16.9. The fraction of sp³-hybridized carbons (Fsp3) is 0.444. The summed E-state index contributed by atoms with van der Waals surface area (Å²) in [6.07, 6.45) is 4.51. The number of rotatable bonds is 5. The summed E-state index contributed by atoms with van der Waals surface area (Å²) in [5, 5.41) is 13.6. The number of hydrogen-bond donors (Lipinski definition) is 1. The van der Waals surface area contributed by atoms with E-state index in [9.17, 15) is 9.90 Å². The van der Waals surface area contributed by atoms with Crippen LogP contribution < -0.4 is 0 Å². The minimum absolute atomic E-state index is 0.0562. The standard InChI is InChI=1S/C18H24N4O2/c1-2-16(14-23)20-9-11-21(12-10-20)18(24)15-5-3-6-17(13-15)22-8-4-7-19-22/h3-8,13,16,23H,2,9-12,14H2,1H3. The topological polar surface area (TPSA) is 61.6 Å². The molecule has 0 spiro atoms. The van der Waals surface area contributed by atoms with Crippen LogP contribution in [0.1, 0.15) is 23.7 Å². The highest BCUT2D eigenvalue weighted by molar-refractivity contribution is 5.94. The van der Waals surface area contributed by atoms with Crippen LogP contribution in [0.3, 0.4) is 0 Å². The number of aliphatic hydroxyl groups excluding tert-OH is 1. The number of aromatic nitrogens is 2. The van der Waals surface area contributed by atoms with Crippen molar-refractivity contribution in [2.45, 2.75) is 19.4 Å². The molecule has 1 N–H and O–H groups in total. The number of benzene rings is 1. The monoisotopic (exact) mass is 328 g/mol. The zero-order chi connectivity index (χ0) is 16.9. The number of carbonyl (C=O) groups is 1. The Morgan fingerprint density at radius 3 is 2.67 bits per heavy atom. The molecule has 1 aliphatic rings. The van der Waals surface area contributed by atoms with Crippen molar-refractivity contribution in [2.24, 2.45) is 0 Å². The molecular formula is C18H24N4O2. The number of hydrogen-bond acceptors (Lipinski definition) is 4. The molecule has 0 saturated carbocycles. The molecule has 6 nitrogen and oxygen atoms in total. The zero-order valence-corrected chi connectivity index (χ0v) is 14.0. The van der Waals surface area contributed by atoms with Crippen LogP contribution in [0.2, 0.25) is 0 Å². The van der Waals surface area contributed by atoms with Gasteiger partial charge in [0, 0.05) is 50.2 Å². The third-order valence-electron chi connectivity index (χ3n) is 4.66. The van der Waals surface area contributed by atoms with Crippen molar-refractivity contribution in [3.63, 3.8) is 0 Å². The highest BCUT2D eigenvalue weighted by Gasteiger charge is 2.25. The fourth-order valence-corrected chi connectivity index (χ4v) is 3.18. The van der Waals surface area contributed by atoms with Crippen molar-refractivity contribution < 1.29 is 9.90 Å². The van der Waals surface area contributed by atoms with Gasteiger partial charge in [-0.3, -0.25) is 9.69 Å². The van der Waals surface area contributed by atoms with Gasteiger partial charge in [0.25, 0.3) is 5.91 Å². The van der Waals surface area contributed by atoms with E-state index in [1.54, 1.807) is 10.9 Å². The van der Waals surface area contributed by atoms with Gasteiger partial charge < -0.3 is 10.0 Å². The largest absolute Gasteiger partial charge is 0.395 e. The van der Waals surface area contributed by atoms with Crippen LogP contribution in [-0.2, 0) is 0 Å². The molecule has 1 unspecified atom stereocenters. The van der Waals surface area contributed by atoms with Crippen LogP contribution in [0.25, 0.3) is 5.69 Å². The summed E-state index contributed by atoms with van der Waals surface area (Å²) in [5.74, 6) is 0.0562. The van der Waals surface area contributed by atoms with E-state index >= 15 is 0 Å². The van der Waals surface area contributed by atoms with Crippen LogP contribution in [0.5, 0.6) is 0 Å². The lowest BCUT2D eigenvalue weighted by Crippen LogP contribution is -2.52. The van der Waals surface area contributed by atoms with Crippen molar-refractivity contribution >= 4 is 5.91 Å². The van der Waals surface area contributed by atoms with Crippen LogP contribution in [0.15, 0.2) is 42.7 Å². The smallest absolute Gasteiger partial charge is 0.254 e. The lowest BCUT2D eigenvalue weighted by atomic mass is 10.1. The first-order chi connectivity index (χ1) is 11.7. The molecule has 1 fully saturated rings. The average Bonchev–Trinajstić information content (AvgIpc) is 3.18. The van der Waals surface area contributed by atoms with Gasteiger partial charge in [0.05, 0.1) is 12.3 Å². The second-order valence-electron chi connectivity index (χ2n) is 6.07. The normalized spacial score (nSPS) is 17.0. The molecule has 3 rings (SSSR count). The molecule has 128 valence electrons. The lowest BCUT2D eigenvalue weighted by molar-refractivity contribution is 0.0472. The minimum Gasteiger partial charge on any atom is -0.395 e. The van der Waals surface area contributed by atoms with E-state index in [1.165, 1.54) is 0 Å². The van der Waals surface area contributed by atoms with E-state index in [0.29, 0.717) is 18.7 Å². The van der Waals surface area contributed by atoms with Crippen LogP contribution in [0.4, 0.5) is 0 Å². The zero-order valence-electron chi connectivity index (χ0n) is 14.0. The van der Waals surface area contributed by atoms with Gasteiger partial charge in [-0.1, -0.05) is 13.0 Å². The first-order valence-corrected chi connectivity index (χ1v) is 8.47. The van der Waals surface area contributed by atoms with Gasteiger partial charge in [0.1, 0.15) is 0 Å². The van der Waals surface area contributed by atoms with E-state index < -0.39 is 0 Å². The Balaban J connectivity index is 1.67. The summed E-state index contributed by atoms with van der Waals surface area (Å²) in [6, 6.07) is 9.62. The summed E-state index contributed by atoms with van der Waals surface area (Å²) in [6.45, 7) is 5.27. The summed E-state index contributed by atoms with van der Waals surface area (Å²) >= 11 is 0. The first-order valence-electron chi connectivity index (χ1n) is 8.47. The maximum Gasteiger partial charge on any atom is 0.254 e. The number of carbonyl (C=O) groups excluding carboxylic acids is 1. The van der Waals surface area contributed by atoms with Crippen molar-refractivity contribution in [2.75, 3.05) is 32.8 Å². The molecule has 24 heavy (non-hydrogen) atoms. The molecule has 2 heterocycles. The molecule has 2 aromatic rings. The second-order valence-corrected chi connectivity index (χ2v) is 6.07. The van der Waals surface area contributed by atoms with Gasteiger partial charge in [-0.2, -0.15) is 5.10 Å². The van der Waals surface area contributed by atoms with Gasteiger partial charge in [-0.05, 0) is 30.7 Å². The van der Waals surface area contributed by atoms with Crippen LogP contribution in [-0.4, -0.2) is 69.4 Å². The Morgan fingerprint density at radius 2 is 2.04 bits per heavy atom.